The Morgan fingerprint density at radius 1 is 1.18 bits per heavy atom. The smallest absolute Gasteiger partial charge is 0.316 e. The van der Waals surface area contributed by atoms with Crippen LogP contribution in [0.5, 0.6) is 0 Å². The minimum Gasteiger partial charge on any atom is -0.538 e. The highest BCUT2D eigenvalue weighted by atomic mass is 33.1. The van der Waals surface area contributed by atoms with Gasteiger partial charge in [-0.3, -0.25) is 4.79 Å². The van der Waals surface area contributed by atoms with Crippen molar-refractivity contribution in [1.82, 2.24) is 0 Å². The Hall–Kier alpha value is -1.48. The van der Waals surface area contributed by atoms with Crippen LogP contribution in [0.4, 0.5) is 0 Å². The van der Waals surface area contributed by atoms with Crippen LogP contribution in [0.25, 0.3) is 4.91 Å². The molecule has 0 fully saturated rings. The average Bonchev–Trinajstić information content (AvgIpc) is 3.04. The van der Waals surface area contributed by atoms with Gasteiger partial charge in [-0.15, -0.1) is 0 Å². The first-order valence-electron chi connectivity index (χ1n) is 9.29. The molecule has 2 nitrogen and oxygen atoms in total. The molecule has 2 aromatic carbocycles. The van der Waals surface area contributed by atoms with Crippen molar-refractivity contribution in [2.45, 2.75) is 19.8 Å². The van der Waals surface area contributed by atoms with E-state index in [2.05, 4.69) is 67.6 Å². The molecule has 0 spiro atoms. The molecule has 0 amide bonds. The molecule has 2 heterocycles. The van der Waals surface area contributed by atoms with Gasteiger partial charge in [0.2, 0.25) is 0 Å². The molecule has 2 aliphatic heterocycles. The number of esters is 1. The van der Waals surface area contributed by atoms with E-state index in [0.717, 1.165) is 5.56 Å². The van der Waals surface area contributed by atoms with Crippen molar-refractivity contribution in [3.63, 3.8) is 0 Å². The fourth-order valence-electron chi connectivity index (χ4n) is 4.04. The molecule has 144 valence electrons. The fraction of sp³-hybridized carbons (Fsp3) is 0.261. The van der Waals surface area contributed by atoms with Crippen molar-refractivity contribution in [1.29, 1.82) is 0 Å². The molecule has 0 aromatic heterocycles. The predicted octanol–water partition coefficient (Wildman–Crippen LogP) is 6.34. The van der Waals surface area contributed by atoms with Gasteiger partial charge in [0, 0.05) is 17.3 Å². The molecule has 0 saturated heterocycles. The first kappa shape index (κ1) is 19.8. The Labute approximate surface area is 176 Å². The topological polar surface area (TPSA) is 26.3 Å². The zero-order chi connectivity index (χ0) is 19.9. The molecule has 5 heteroatoms. The summed E-state index contributed by atoms with van der Waals surface area (Å²) in [6, 6.07) is 18.8. The number of carbonyl (C=O) groups is 1. The van der Waals surface area contributed by atoms with Crippen molar-refractivity contribution in [3.8, 4) is 0 Å². The van der Waals surface area contributed by atoms with E-state index in [4.69, 9.17) is 17.0 Å². The van der Waals surface area contributed by atoms with Gasteiger partial charge < -0.3 is 17.0 Å². The maximum Gasteiger partial charge on any atom is 0.316 e. The first-order valence-corrected chi connectivity index (χ1v) is 13.7. The third kappa shape index (κ3) is 3.36. The molecule has 3 atom stereocenters. The lowest BCUT2D eigenvalue weighted by molar-refractivity contribution is -0.151. The Balaban J connectivity index is 1.81. The Bertz CT molecular complexity index is 968. The summed E-state index contributed by atoms with van der Waals surface area (Å²) in [6.07, 6.45) is 5.16. The number of hydrogen-bond acceptors (Lipinski definition) is 4. The van der Waals surface area contributed by atoms with Crippen LogP contribution < -0.4 is 0 Å². The average molecular weight is 427 g/mol. The summed E-state index contributed by atoms with van der Waals surface area (Å²) in [6.45, 7) is 4.09. The summed E-state index contributed by atoms with van der Waals surface area (Å²) in [5, 5.41) is 1.23. The molecule has 0 bridgehead atoms. The summed E-state index contributed by atoms with van der Waals surface area (Å²) in [4.78, 5) is 14.1. The number of allylic oxidation sites excluding steroid dienone is 3. The zero-order valence-electron chi connectivity index (χ0n) is 16.2. The van der Waals surface area contributed by atoms with Gasteiger partial charge in [-0.2, -0.15) is 0 Å². The van der Waals surface area contributed by atoms with Gasteiger partial charge in [0.1, 0.15) is 5.41 Å². The van der Waals surface area contributed by atoms with Crippen LogP contribution in [0.3, 0.4) is 0 Å². The summed E-state index contributed by atoms with van der Waals surface area (Å²) < 4.78 is 5.25. The molecular weight excluding hydrogens is 403 g/mol. The Kier molecular flexibility index (Phi) is 5.24. The van der Waals surface area contributed by atoms with Gasteiger partial charge in [-0.1, -0.05) is 60.2 Å². The highest BCUT2D eigenvalue weighted by molar-refractivity contribution is 8.89. The number of hydrogen-bond donors (Lipinski definition) is 0. The molecule has 2 aromatic rings. The second-order valence-electron chi connectivity index (χ2n) is 7.69. The maximum atomic E-state index is 12.9. The zero-order valence-corrected chi connectivity index (χ0v) is 18.7. The highest BCUT2D eigenvalue weighted by Gasteiger charge is 2.55. The Morgan fingerprint density at radius 2 is 1.86 bits per heavy atom. The van der Waals surface area contributed by atoms with E-state index >= 15 is 0 Å². The molecule has 0 radical (unpaired) electrons. The van der Waals surface area contributed by atoms with Crippen LogP contribution in [-0.2, 0) is 21.8 Å². The van der Waals surface area contributed by atoms with Gasteiger partial charge in [0.25, 0.3) is 0 Å². The van der Waals surface area contributed by atoms with E-state index in [1.165, 1.54) is 28.5 Å². The standard InChI is InChI=1S/C23H23O2PS2/c1-16-9-11-17(12-10-16)20-13-19-14-21(18-7-5-4-6-8-18)28-26(19,27)15-23(20,2)22(24)25-3/h4-14,20H,15H2,1-3H3. The molecule has 4 rings (SSSR count). The van der Waals surface area contributed by atoms with Crippen LogP contribution in [-0.4, -0.2) is 19.2 Å². The van der Waals surface area contributed by atoms with E-state index in [-0.39, 0.29) is 11.9 Å². The van der Waals surface area contributed by atoms with E-state index in [0.29, 0.717) is 6.16 Å². The summed E-state index contributed by atoms with van der Waals surface area (Å²) in [5.41, 5.74) is 0.948. The van der Waals surface area contributed by atoms with E-state index in [1.807, 2.05) is 13.0 Å². The number of aryl methyl sites for hydroxylation is 1. The second kappa shape index (κ2) is 7.40. The van der Waals surface area contributed by atoms with Crippen molar-refractivity contribution >= 4 is 40.2 Å². The summed E-state index contributed by atoms with van der Waals surface area (Å²) >= 11 is 7.99. The summed E-state index contributed by atoms with van der Waals surface area (Å²) in [7, 11) is 1.48. The minimum atomic E-state index is -1.93. The maximum absolute atomic E-state index is 12.9. The monoisotopic (exact) mass is 426 g/mol. The molecular formula is C23H23O2PS2. The minimum absolute atomic E-state index is 0.0430. The van der Waals surface area contributed by atoms with Crippen molar-refractivity contribution in [3.05, 3.63) is 88.8 Å². The van der Waals surface area contributed by atoms with Crippen molar-refractivity contribution in [2.75, 3.05) is 13.3 Å². The Morgan fingerprint density at radius 3 is 2.50 bits per heavy atom. The van der Waals surface area contributed by atoms with Crippen LogP contribution >= 0.6 is 17.0 Å². The normalized spacial score (nSPS) is 28.9. The lowest BCUT2D eigenvalue weighted by atomic mass is 9.74. The quantitative estimate of drug-likeness (QED) is 0.325. The SMILES string of the molecule is COC(=O)C1(C)C[P+]2([S-])SC(c3ccccc3)=CC2=CC1c1ccc(C)cc1. The van der Waals surface area contributed by atoms with Gasteiger partial charge >= 0.3 is 5.97 Å². The van der Waals surface area contributed by atoms with E-state index < -0.39 is 11.1 Å². The van der Waals surface area contributed by atoms with E-state index in [9.17, 15) is 4.79 Å². The van der Waals surface area contributed by atoms with Crippen LogP contribution in [0.15, 0.2) is 72.1 Å². The predicted molar refractivity (Wildman–Crippen MR) is 123 cm³/mol. The largest absolute Gasteiger partial charge is 0.538 e. The van der Waals surface area contributed by atoms with Gasteiger partial charge in [0.05, 0.1) is 23.5 Å². The molecule has 28 heavy (non-hydrogen) atoms. The molecule has 0 N–H and O–H groups in total. The van der Waals surface area contributed by atoms with Gasteiger partial charge in [-0.05, 0) is 42.8 Å². The van der Waals surface area contributed by atoms with Crippen LogP contribution in [0.1, 0.15) is 29.5 Å². The number of rotatable bonds is 3. The number of carbonyl (C=O) groups excluding carboxylic acids is 1. The molecule has 2 aliphatic rings. The fourth-order valence-corrected chi connectivity index (χ4v) is 12.1. The number of methoxy groups -OCH3 is 1. The van der Waals surface area contributed by atoms with Crippen LogP contribution in [0, 0.1) is 12.3 Å². The lowest BCUT2D eigenvalue weighted by Crippen LogP contribution is -2.40. The highest BCUT2D eigenvalue weighted by Crippen LogP contribution is 2.85. The molecule has 3 unspecified atom stereocenters. The third-order valence-corrected chi connectivity index (χ3v) is 12.8. The number of fused-ring (bicyclic) bond motifs is 1. The molecule has 0 aliphatic carbocycles. The molecule has 0 saturated carbocycles. The third-order valence-electron chi connectivity index (χ3n) is 5.63. The van der Waals surface area contributed by atoms with E-state index in [1.54, 1.807) is 11.4 Å². The van der Waals surface area contributed by atoms with Gasteiger partial charge in [-0.25, -0.2) is 0 Å². The van der Waals surface area contributed by atoms with Crippen LogP contribution in [0.2, 0.25) is 0 Å². The number of benzene rings is 2. The van der Waals surface area contributed by atoms with Gasteiger partial charge in [0.15, 0.2) is 0 Å². The lowest BCUT2D eigenvalue weighted by Gasteiger charge is -2.44. The summed E-state index contributed by atoms with van der Waals surface area (Å²) in [5.74, 6) is -0.218. The van der Waals surface area contributed by atoms with Crippen molar-refractivity contribution < 1.29 is 9.53 Å². The number of ether oxygens (including phenoxy) is 1. The van der Waals surface area contributed by atoms with Crippen molar-refractivity contribution in [2.24, 2.45) is 5.41 Å². The second-order valence-corrected chi connectivity index (χ2v) is 15.5. The first-order chi connectivity index (χ1) is 13.4.